The summed E-state index contributed by atoms with van der Waals surface area (Å²) in [5.41, 5.74) is 3.81. The van der Waals surface area contributed by atoms with Crippen LogP contribution in [0.2, 0.25) is 0 Å². The van der Waals surface area contributed by atoms with Crippen LogP contribution in [0, 0.1) is 13.8 Å². The molecule has 0 atom stereocenters. The molecule has 0 radical (unpaired) electrons. The van der Waals surface area contributed by atoms with E-state index in [0.717, 1.165) is 52.9 Å². The molecule has 4 rings (SSSR count). The van der Waals surface area contributed by atoms with Crippen LogP contribution in [0.4, 0.5) is 4.79 Å². The number of nitrogens with zero attached hydrogens (tertiary/aromatic N) is 2. The van der Waals surface area contributed by atoms with E-state index in [9.17, 15) is 14.4 Å². The van der Waals surface area contributed by atoms with Crippen LogP contribution in [0.25, 0.3) is 15.9 Å². The van der Waals surface area contributed by atoms with Crippen LogP contribution in [0.1, 0.15) is 48.3 Å². The molecule has 0 saturated heterocycles. The minimum atomic E-state index is -0.531. The highest BCUT2D eigenvalue weighted by Crippen LogP contribution is 2.35. The van der Waals surface area contributed by atoms with E-state index in [1.54, 1.807) is 15.9 Å². The Hall–Kier alpha value is -2.65. The van der Waals surface area contributed by atoms with Crippen molar-refractivity contribution in [3.8, 4) is 5.69 Å². The third-order valence-electron chi connectivity index (χ3n) is 5.57. The predicted octanol–water partition coefficient (Wildman–Crippen LogP) is 4.27. The lowest BCUT2D eigenvalue weighted by atomic mass is 9.97. The highest BCUT2D eigenvalue weighted by molar-refractivity contribution is 7.99. The van der Waals surface area contributed by atoms with Crippen molar-refractivity contribution in [3.05, 3.63) is 50.1 Å². The Morgan fingerprint density at radius 3 is 2.73 bits per heavy atom. The molecule has 2 aromatic heterocycles. The molecule has 174 valence electrons. The van der Waals surface area contributed by atoms with Gasteiger partial charge in [0, 0.05) is 10.9 Å². The normalized spacial score (nSPS) is 13.2. The van der Waals surface area contributed by atoms with Crippen LogP contribution >= 0.6 is 23.1 Å². The Labute approximate surface area is 201 Å². The zero-order chi connectivity index (χ0) is 23.7. The smallest absolute Gasteiger partial charge is 0.321 e. The van der Waals surface area contributed by atoms with Gasteiger partial charge in [0.1, 0.15) is 4.83 Å². The number of aromatic nitrogens is 2. The standard InChI is InChI=1S/C24H28N4O3S2/c1-13(2)25-23(31)26-19(29)12-32-24-27-21-20(16-7-5-6-8-18(16)33-21)22(30)28(24)17-11-14(3)9-10-15(17)4/h9-11,13H,5-8,12H2,1-4H3,(H2,25,26,29,31). The van der Waals surface area contributed by atoms with E-state index in [0.29, 0.717) is 10.5 Å². The summed E-state index contributed by atoms with van der Waals surface area (Å²) >= 11 is 2.76. The Bertz CT molecular complexity index is 1290. The van der Waals surface area contributed by atoms with Gasteiger partial charge in [-0.3, -0.25) is 19.5 Å². The number of carbonyl (C=O) groups excluding carboxylic acids is 2. The molecule has 0 aliphatic heterocycles. The minimum absolute atomic E-state index is 0.0284. The number of fused-ring (bicyclic) bond motifs is 3. The number of hydrogen-bond acceptors (Lipinski definition) is 6. The Morgan fingerprint density at radius 2 is 1.97 bits per heavy atom. The molecule has 33 heavy (non-hydrogen) atoms. The zero-order valence-corrected chi connectivity index (χ0v) is 20.9. The van der Waals surface area contributed by atoms with Crippen LogP contribution in [-0.2, 0) is 17.6 Å². The summed E-state index contributed by atoms with van der Waals surface area (Å²) in [6.45, 7) is 7.59. The van der Waals surface area contributed by atoms with Crippen molar-refractivity contribution in [3.63, 3.8) is 0 Å². The quantitative estimate of drug-likeness (QED) is 0.417. The highest BCUT2D eigenvalue weighted by Gasteiger charge is 2.24. The van der Waals surface area contributed by atoms with Crippen LogP contribution in [0.15, 0.2) is 28.2 Å². The van der Waals surface area contributed by atoms with Crippen molar-refractivity contribution in [2.45, 2.75) is 64.6 Å². The number of thioether (sulfide) groups is 1. The Balaban J connectivity index is 1.76. The summed E-state index contributed by atoms with van der Waals surface area (Å²) in [6, 6.07) is 5.37. The maximum Gasteiger partial charge on any atom is 0.321 e. The van der Waals surface area contributed by atoms with Gasteiger partial charge >= 0.3 is 6.03 Å². The number of nitrogens with one attached hydrogen (secondary N) is 2. The second kappa shape index (κ2) is 9.69. The summed E-state index contributed by atoms with van der Waals surface area (Å²) in [7, 11) is 0. The molecule has 1 aromatic carbocycles. The first-order valence-corrected chi connectivity index (χ1v) is 12.9. The van der Waals surface area contributed by atoms with Crippen LogP contribution in [0.3, 0.4) is 0 Å². The van der Waals surface area contributed by atoms with Gasteiger partial charge in [0.05, 0.1) is 16.8 Å². The Morgan fingerprint density at radius 1 is 1.21 bits per heavy atom. The number of urea groups is 1. The maximum absolute atomic E-state index is 13.8. The van der Waals surface area contributed by atoms with E-state index in [4.69, 9.17) is 4.98 Å². The van der Waals surface area contributed by atoms with Crippen LogP contribution in [0.5, 0.6) is 0 Å². The molecule has 1 aliphatic rings. The molecule has 0 spiro atoms. The average Bonchev–Trinajstić information content (AvgIpc) is 3.12. The van der Waals surface area contributed by atoms with E-state index in [2.05, 4.69) is 10.6 Å². The molecule has 0 unspecified atom stereocenters. The van der Waals surface area contributed by atoms with Crippen LogP contribution < -0.4 is 16.2 Å². The van der Waals surface area contributed by atoms with Gasteiger partial charge in [-0.1, -0.05) is 23.9 Å². The second-order valence-electron chi connectivity index (χ2n) is 8.68. The molecule has 7 nitrogen and oxygen atoms in total. The van der Waals surface area contributed by atoms with Gasteiger partial charge in [-0.05, 0) is 76.1 Å². The summed E-state index contributed by atoms with van der Waals surface area (Å²) in [5, 5.41) is 6.13. The first kappa shape index (κ1) is 23.5. The molecule has 2 heterocycles. The summed E-state index contributed by atoms with van der Waals surface area (Å²) < 4.78 is 1.64. The fraction of sp³-hybridized carbons (Fsp3) is 0.417. The number of thiophene rings is 1. The van der Waals surface area contributed by atoms with Crippen molar-refractivity contribution in [2.75, 3.05) is 5.75 Å². The number of rotatable bonds is 5. The lowest BCUT2D eigenvalue weighted by Crippen LogP contribution is -2.43. The zero-order valence-electron chi connectivity index (χ0n) is 19.3. The van der Waals surface area contributed by atoms with Crippen molar-refractivity contribution < 1.29 is 9.59 Å². The molecule has 9 heteroatoms. The summed E-state index contributed by atoms with van der Waals surface area (Å²) in [4.78, 5) is 44.9. The monoisotopic (exact) mass is 484 g/mol. The van der Waals surface area contributed by atoms with E-state index in [-0.39, 0.29) is 17.4 Å². The topological polar surface area (TPSA) is 93.1 Å². The fourth-order valence-electron chi connectivity index (χ4n) is 4.05. The first-order chi connectivity index (χ1) is 15.7. The maximum atomic E-state index is 13.8. The molecule has 3 amide bonds. The average molecular weight is 485 g/mol. The van der Waals surface area contributed by atoms with E-state index >= 15 is 0 Å². The van der Waals surface area contributed by atoms with Gasteiger partial charge in [-0.25, -0.2) is 9.78 Å². The predicted molar refractivity (Wildman–Crippen MR) is 134 cm³/mol. The van der Waals surface area contributed by atoms with Gasteiger partial charge < -0.3 is 5.32 Å². The van der Waals surface area contributed by atoms with Gasteiger partial charge in [-0.2, -0.15) is 0 Å². The fourth-order valence-corrected chi connectivity index (χ4v) is 6.16. The van der Waals surface area contributed by atoms with Gasteiger partial charge in [-0.15, -0.1) is 11.3 Å². The number of amides is 3. The first-order valence-electron chi connectivity index (χ1n) is 11.1. The molecule has 1 aliphatic carbocycles. The van der Waals surface area contributed by atoms with Crippen molar-refractivity contribution in [2.24, 2.45) is 0 Å². The third-order valence-corrected chi connectivity index (χ3v) is 7.69. The summed E-state index contributed by atoms with van der Waals surface area (Å²) in [5.74, 6) is -0.468. The molecular weight excluding hydrogens is 456 g/mol. The molecular formula is C24H28N4O3S2. The summed E-state index contributed by atoms with van der Waals surface area (Å²) in [6.07, 6.45) is 4.09. The number of carbonyl (C=O) groups is 2. The minimum Gasteiger partial charge on any atom is -0.336 e. The van der Waals surface area contributed by atoms with Gasteiger partial charge in [0.15, 0.2) is 5.16 Å². The lowest BCUT2D eigenvalue weighted by molar-refractivity contribution is -0.117. The van der Waals surface area contributed by atoms with Crippen molar-refractivity contribution >= 4 is 45.3 Å². The van der Waals surface area contributed by atoms with E-state index < -0.39 is 11.9 Å². The van der Waals surface area contributed by atoms with Gasteiger partial charge in [0.2, 0.25) is 5.91 Å². The largest absolute Gasteiger partial charge is 0.336 e. The molecule has 0 bridgehead atoms. The van der Waals surface area contributed by atoms with Crippen LogP contribution in [-0.4, -0.2) is 33.3 Å². The molecule has 2 N–H and O–H groups in total. The van der Waals surface area contributed by atoms with Crippen molar-refractivity contribution in [1.29, 1.82) is 0 Å². The number of hydrogen-bond donors (Lipinski definition) is 2. The van der Waals surface area contributed by atoms with Crippen molar-refractivity contribution in [1.82, 2.24) is 20.2 Å². The number of benzene rings is 1. The van der Waals surface area contributed by atoms with E-state index in [1.165, 1.54) is 16.6 Å². The van der Waals surface area contributed by atoms with Gasteiger partial charge in [0.25, 0.3) is 5.56 Å². The van der Waals surface area contributed by atoms with E-state index in [1.807, 2.05) is 45.9 Å². The lowest BCUT2D eigenvalue weighted by Gasteiger charge is -2.16. The Kier molecular flexibility index (Phi) is 6.90. The molecule has 0 saturated carbocycles. The third kappa shape index (κ3) is 4.99. The molecule has 3 aromatic rings. The second-order valence-corrected chi connectivity index (χ2v) is 10.7. The molecule has 0 fully saturated rings. The number of aryl methyl sites for hydroxylation is 4. The SMILES string of the molecule is Cc1ccc(C)c(-n2c(SCC(=O)NC(=O)NC(C)C)nc3sc4c(c3c2=O)CCCC4)c1. The number of imide groups is 1. The highest BCUT2D eigenvalue weighted by atomic mass is 32.2.